The largest absolute Gasteiger partial charge is 0.349 e. The molecule has 3 rings (SSSR count). The van der Waals surface area contributed by atoms with E-state index in [2.05, 4.69) is 20.3 Å². The Morgan fingerprint density at radius 3 is 2.76 bits per heavy atom. The van der Waals surface area contributed by atoms with Crippen molar-refractivity contribution in [1.29, 1.82) is 0 Å². The van der Waals surface area contributed by atoms with E-state index >= 15 is 0 Å². The summed E-state index contributed by atoms with van der Waals surface area (Å²) in [6.07, 6.45) is 4.32. The zero-order valence-electron chi connectivity index (χ0n) is 14.7. The Kier molecular flexibility index (Phi) is 4.93. The van der Waals surface area contributed by atoms with E-state index < -0.39 is 0 Å². The quantitative estimate of drug-likeness (QED) is 0.751. The standard InChI is InChI=1S/C20H22N4O/c1-13(10-16-6-5-9-21-12-16)22-20(25)18-8-4-7-17(11-18)19-14(2)23-15(3)24-19/h4-9,11-13H,10H2,1-3H3,(H,22,25)(H,23,24)/t13-/m0/s1. The first-order valence-electron chi connectivity index (χ1n) is 8.36. The number of hydrogen-bond acceptors (Lipinski definition) is 3. The third-order valence-electron chi connectivity index (χ3n) is 4.04. The smallest absolute Gasteiger partial charge is 0.251 e. The molecule has 0 saturated carbocycles. The van der Waals surface area contributed by atoms with Gasteiger partial charge in [0.1, 0.15) is 5.82 Å². The fourth-order valence-electron chi connectivity index (χ4n) is 2.93. The second kappa shape index (κ2) is 7.30. The van der Waals surface area contributed by atoms with E-state index in [-0.39, 0.29) is 11.9 Å². The molecule has 0 saturated heterocycles. The van der Waals surface area contributed by atoms with Crippen molar-refractivity contribution in [2.75, 3.05) is 0 Å². The Balaban J connectivity index is 1.72. The van der Waals surface area contributed by atoms with Crippen molar-refractivity contribution in [2.45, 2.75) is 33.2 Å². The van der Waals surface area contributed by atoms with Crippen molar-refractivity contribution < 1.29 is 4.79 Å². The zero-order chi connectivity index (χ0) is 17.8. The number of rotatable bonds is 5. The molecule has 0 aliphatic heterocycles. The van der Waals surface area contributed by atoms with Gasteiger partial charge in [-0.05, 0) is 51.0 Å². The molecule has 1 atom stereocenters. The Hall–Kier alpha value is -2.95. The van der Waals surface area contributed by atoms with Crippen molar-refractivity contribution in [1.82, 2.24) is 20.3 Å². The van der Waals surface area contributed by atoms with Gasteiger partial charge in [-0.2, -0.15) is 0 Å². The van der Waals surface area contributed by atoms with Gasteiger partial charge in [-0.25, -0.2) is 4.98 Å². The molecule has 0 spiro atoms. The second-order valence-corrected chi connectivity index (χ2v) is 6.32. The van der Waals surface area contributed by atoms with E-state index in [1.165, 1.54) is 0 Å². The molecule has 0 unspecified atom stereocenters. The van der Waals surface area contributed by atoms with Crippen LogP contribution in [-0.4, -0.2) is 26.9 Å². The van der Waals surface area contributed by atoms with Crippen LogP contribution in [0.3, 0.4) is 0 Å². The fourth-order valence-corrected chi connectivity index (χ4v) is 2.93. The normalized spacial score (nSPS) is 12.0. The van der Waals surface area contributed by atoms with E-state index in [1.54, 1.807) is 6.20 Å². The summed E-state index contributed by atoms with van der Waals surface area (Å²) in [6, 6.07) is 11.5. The number of H-pyrrole nitrogens is 1. The van der Waals surface area contributed by atoms with Crippen molar-refractivity contribution in [2.24, 2.45) is 0 Å². The molecule has 3 aromatic rings. The minimum absolute atomic E-state index is 0.0229. The van der Waals surface area contributed by atoms with Crippen LogP contribution in [-0.2, 0) is 6.42 Å². The number of benzene rings is 1. The molecular formula is C20H22N4O. The van der Waals surface area contributed by atoms with Crippen LogP contribution in [0, 0.1) is 13.8 Å². The number of pyridine rings is 1. The van der Waals surface area contributed by atoms with E-state index in [0.29, 0.717) is 5.56 Å². The molecule has 2 heterocycles. The van der Waals surface area contributed by atoms with E-state index in [0.717, 1.165) is 34.8 Å². The van der Waals surface area contributed by atoms with Gasteiger partial charge >= 0.3 is 0 Å². The summed E-state index contributed by atoms with van der Waals surface area (Å²) in [5, 5.41) is 3.05. The van der Waals surface area contributed by atoms with Gasteiger partial charge in [0.25, 0.3) is 5.91 Å². The van der Waals surface area contributed by atoms with Gasteiger partial charge in [0, 0.05) is 35.3 Å². The molecule has 0 bridgehead atoms. The molecule has 5 nitrogen and oxygen atoms in total. The molecule has 0 aliphatic rings. The van der Waals surface area contributed by atoms with Gasteiger partial charge in [0.15, 0.2) is 0 Å². The average molecular weight is 334 g/mol. The summed E-state index contributed by atoms with van der Waals surface area (Å²) in [7, 11) is 0. The topological polar surface area (TPSA) is 70.7 Å². The summed E-state index contributed by atoms with van der Waals surface area (Å²) < 4.78 is 0. The summed E-state index contributed by atoms with van der Waals surface area (Å²) in [5.74, 6) is 0.788. The number of imidazole rings is 1. The summed E-state index contributed by atoms with van der Waals surface area (Å²) in [5.41, 5.74) is 4.56. The first kappa shape index (κ1) is 16.9. The lowest BCUT2D eigenvalue weighted by Gasteiger charge is -2.14. The molecular weight excluding hydrogens is 312 g/mol. The monoisotopic (exact) mass is 334 g/mol. The summed E-state index contributed by atoms with van der Waals surface area (Å²) in [6.45, 7) is 5.90. The van der Waals surface area contributed by atoms with Crippen LogP contribution < -0.4 is 5.32 Å². The minimum atomic E-state index is -0.0804. The van der Waals surface area contributed by atoms with E-state index in [1.807, 2.05) is 63.4 Å². The Morgan fingerprint density at radius 1 is 1.24 bits per heavy atom. The molecule has 0 radical (unpaired) electrons. The van der Waals surface area contributed by atoms with Gasteiger partial charge < -0.3 is 10.3 Å². The predicted molar refractivity (Wildman–Crippen MR) is 98.4 cm³/mol. The number of aromatic amines is 1. The van der Waals surface area contributed by atoms with Crippen LogP contribution in [0.5, 0.6) is 0 Å². The lowest BCUT2D eigenvalue weighted by atomic mass is 10.1. The highest BCUT2D eigenvalue weighted by molar-refractivity contribution is 5.95. The number of carbonyl (C=O) groups is 1. The SMILES string of the molecule is Cc1nc(-c2cccc(C(=O)N[C@@H](C)Cc3cccnc3)c2)c(C)[nH]1. The maximum Gasteiger partial charge on any atom is 0.251 e. The van der Waals surface area contributed by atoms with Crippen molar-refractivity contribution >= 4 is 5.91 Å². The van der Waals surface area contributed by atoms with Crippen LogP contribution in [0.2, 0.25) is 0 Å². The number of nitrogens with one attached hydrogen (secondary N) is 2. The van der Waals surface area contributed by atoms with Crippen LogP contribution in [0.4, 0.5) is 0 Å². The maximum absolute atomic E-state index is 12.6. The van der Waals surface area contributed by atoms with Crippen LogP contribution in [0.1, 0.15) is 34.4 Å². The molecule has 1 amide bonds. The number of aryl methyl sites for hydroxylation is 2. The molecule has 5 heteroatoms. The molecule has 25 heavy (non-hydrogen) atoms. The maximum atomic E-state index is 12.6. The van der Waals surface area contributed by atoms with Crippen molar-refractivity contribution in [3.8, 4) is 11.3 Å². The van der Waals surface area contributed by atoms with Crippen LogP contribution >= 0.6 is 0 Å². The van der Waals surface area contributed by atoms with Gasteiger partial charge in [-0.1, -0.05) is 18.2 Å². The van der Waals surface area contributed by atoms with E-state index in [9.17, 15) is 4.79 Å². The van der Waals surface area contributed by atoms with Gasteiger partial charge in [-0.15, -0.1) is 0 Å². The summed E-state index contributed by atoms with van der Waals surface area (Å²) in [4.78, 5) is 24.4. The minimum Gasteiger partial charge on any atom is -0.349 e. The predicted octanol–water partition coefficient (Wildman–Crippen LogP) is 3.45. The van der Waals surface area contributed by atoms with Gasteiger partial charge in [0.05, 0.1) is 5.69 Å². The molecule has 128 valence electrons. The highest BCUT2D eigenvalue weighted by Gasteiger charge is 2.13. The Morgan fingerprint density at radius 2 is 2.08 bits per heavy atom. The number of aromatic nitrogens is 3. The summed E-state index contributed by atoms with van der Waals surface area (Å²) >= 11 is 0. The fraction of sp³-hybridized carbons (Fsp3) is 0.250. The number of nitrogens with zero attached hydrogens (tertiary/aromatic N) is 2. The third kappa shape index (κ3) is 4.12. The lowest BCUT2D eigenvalue weighted by molar-refractivity contribution is 0.0940. The Labute approximate surface area is 147 Å². The third-order valence-corrected chi connectivity index (χ3v) is 4.04. The molecule has 0 aliphatic carbocycles. The Bertz CT molecular complexity index is 870. The second-order valence-electron chi connectivity index (χ2n) is 6.32. The first-order valence-corrected chi connectivity index (χ1v) is 8.36. The molecule has 2 N–H and O–H groups in total. The van der Waals surface area contributed by atoms with E-state index in [4.69, 9.17) is 0 Å². The molecule has 0 fully saturated rings. The highest BCUT2D eigenvalue weighted by atomic mass is 16.1. The van der Waals surface area contributed by atoms with Crippen molar-refractivity contribution in [3.63, 3.8) is 0 Å². The molecule has 2 aromatic heterocycles. The average Bonchev–Trinajstić information content (AvgIpc) is 2.94. The number of carbonyl (C=O) groups excluding carboxylic acids is 1. The van der Waals surface area contributed by atoms with Gasteiger partial charge in [0.2, 0.25) is 0 Å². The van der Waals surface area contributed by atoms with Gasteiger partial charge in [-0.3, -0.25) is 9.78 Å². The molecule has 1 aromatic carbocycles. The van der Waals surface area contributed by atoms with Crippen LogP contribution in [0.25, 0.3) is 11.3 Å². The van der Waals surface area contributed by atoms with Crippen molar-refractivity contribution in [3.05, 3.63) is 71.4 Å². The first-order chi connectivity index (χ1) is 12.0. The number of amides is 1. The lowest BCUT2D eigenvalue weighted by Crippen LogP contribution is -2.34. The highest BCUT2D eigenvalue weighted by Crippen LogP contribution is 2.22. The van der Waals surface area contributed by atoms with Crippen LogP contribution in [0.15, 0.2) is 48.8 Å². The number of hydrogen-bond donors (Lipinski definition) is 2. The zero-order valence-corrected chi connectivity index (χ0v) is 14.7.